The van der Waals surface area contributed by atoms with Gasteiger partial charge in [-0.15, -0.1) is 0 Å². The molecule has 1 rings (SSSR count). The van der Waals surface area contributed by atoms with E-state index >= 15 is 0 Å². The fraction of sp³-hybridized carbons (Fsp3) is 0.500. The Morgan fingerprint density at radius 1 is 1.64 bits per heavy atom. The summed E-state index contributed by atoms with van der Waals surface area (Å²) in [6.45, 7) is 1.72. The summed E-state index contributed by atoms with van der Waals surface area (Å²) in [7, 11) is 0. The number of halogens is 2. The molecule has 1 aliphatic carbocycles. The molecule has 0 bridgehead atoms. The fourth-order valence-corrected chi connectivity index (χ4v) is 1.02. The van der Waals surface area contributed by atoms with Gasteiger partial charge in [0.1, 0.15) is 12.0 Å². The molecule has 0 aliphatic heterocycles. The van der Waals surface area contributed by atoms with Gasteiger partial charge in [-0.25, -0.2) is 8.78 Å². The third-order valence-corrected chi connectivity index (χ3v) is 1.84. The number of hydrogen-bond acceptors (Lipinski definition) is 1. The maximum Gasteiger partial charge on any atom is 0.144 e. The summed E-state index contributed by atoms with van der Waals surface area (Å²) in [4.78, 5) is 0. The normalized spacial score (nSPS) is 26.5. The number of nitrogens with two attached hydrogens (primary N) is 1. The lowest BCUT2D eigenvalue weighted by atomic mass is 10.1. The molecule has 0 heterocycles. The van der Waals surface area contributed by atoms with Gasteiger partial charge in [-0.1, -0.05) is 0 Å². The zero-order valence-corrected chi connectivity index (χ0v) is 6.40. The SMILES string of the molecule is CC1=C(N)C(F)=CC(F)CC1. The van der Waals surface area contributed by atoms with Gasteiger partial charge in [0, 0.05) is 0 Å². The Morgan fingerprint density at radius 2 is 2.27 bits per heavy atom. The first-order valence-corrected chi connectivity index (χ1v) is 3.58. The molecule has 0 saturated carbocycles. The van der Waals surface area contributed by atoms with Crippen LogP contribution >= 0.6 is 0 Å². The molecule has 0 aromatic heterocycles. The van der Waals surface area contributed by atoms with Gasteiger partial charge in [0.2, 0.25) is 0 Å². The third-order valence-electron chi connectivity index (χ3n) is 1.84. The van der Waals surface area contributed by atoms with E-state index in [-0.39, 0.29) is 5.70 Å². The highest BCUT2D eigenvalue weighted by Crippen LogP contribution is 2.22. The van der Waals surface area contributed by atoms with E-state index in [2.05, 4.69) is 0 Å². The second-order valence-electron chi connectivity index (χ2n) is 2.76. The summed E-state index contributed by atoms with van der Waals surface area (Å²) in [5.41, 5.74) is 6.19. The summed E-state index contributed by atoms with van der Waals surface area (Å²) in [6.07, 6.45) is 0.619. The van der Waals surface area contributed by atoms with E-state index in [1.165, 1.54) is 0 Å². The lowest BCUT2D eigenvalue weighted by Gasteiger charge is -2.00. The molecule has 1 atom stereocenters. The van der Waals surface area contributed by atoms with Crippen molar-refractivity contribution in [2.75, 3.05) is 0 Å². The van der Waals surface area contributed by atoms with Gasteiger partial charge in [-0.3, -0.25) is 0 Å². The van der Waals surface area contributed by atoms with Gasteiger partial charge >= 0.3 is 0 Å². The van der Waals surface area contributed by atoms with E-state index in [0.717, 1.165) is 11.6 Å². The zero-order valence-electron chi connectivity index (χ0n) is 6.40. The smallest absolute Gasteiger partial charge is 0.144 e. The van der Waals surface area contributed by atoms with Crippen LogP contribution in [0.1, 0.15) is 19.8 Å². The van der Waals surface area contributed by atoms with Crippen LogP contribution in [0, 0.1) is 0 Å². The van der Waals surface area contributed by atoms with Crippen LogP contribution in [0.3, 0.4) is 0 Å². The molecule has 0 aromatic rings. The van der Waals surface area contributed by atoms with Gasteiger partial charge in [-0.2, -0.15) is 0 Å². The van der Waals surface area contributed by atoms with Crippen molar-refractivity contribution in [3.63, 3.8) is 0 Å². The number of alkyl halides is 1. The van der Waals surface area contributed by atoms with Crippen LogP contribution in [0.5, 0.6) is 0 Å². The van der Waals surface area contributed by atoms with Crippen LogP contribution in [-0.4, -0.2) is 6.17 Å². The molecule has 0 radical (unpaired) electrons. The second kappa shape index (κ2) is 3.03. The highest BCUT2D eigenvalue weighted by molar-refractivity contribution is 5.29. The summed E-state index contributed by atoms with van der Waals surface area (Å²) in [6, 6.07) is 0. The Morgan fingerprint density at radius 3 is 2.91 bits per heavy atom. The largest absolute Gasteiger partial charge is 0.396 e. The monoisotopic (exact) mass is 159 g/mol. The lowest BCUT2D eigenvalue weighted by Crippen LogP contribution is -2.00. The third kappa shape index (κ3) is 1.79. The molecular formula is C8H11F2N. The van der Waals surface area contributed by atoms with Gasteiger partial charge < -0.3 is 5.73 Å². The topological polar surface area (TPSA) is 26.0 Å². The highest BCUT2D eigenvalue weighted by atomic mass is 19.1. The Balaban J connectivity index is 2.90. The van der Waals surface area contributed by atoms with Crippen LogP contribution in [0.4, 0.5) is 8.78 Å². The standard InChI is InChI=1S/C8H11F2N/c1-5-2-3-6(9)4-7(10)8(5)11/h4,6H,2-3,11H2,1H3. The molecule has 3 heteroatoms. The van der Waals surface area contributed by atoms with E-state index in [1.54, 1.807) is 6.92 Å². The van der Waals surface area contributed by atoms with E-state index in [9.17, 15) is 8.78 Å². The van der Waals surface area contributed by atoms with Crippen molar-refractivity contribution in [3.8, 4) is 0 Å². The quantitative estimate of drug-likeness (QED) is 0.576. The number of allylic oxidation sites excluding steroid dienone is 3. The van der Waals surface area contributed by atoms with E-state index in [4.69, 9.17) is 5.73 Å². The maximum atomic E-state index is 12.8. The lowest BCUT2D eigenvalue weighted by molar-refractivity contribution is 0.375. The number of hydrogen-bond donors (Lipinski definition) is 1. The van der Waals surface area contributed by atoms with Crippen molar-refractivity contribution in [1.29, 1.82) is 0 Å². The molecule has 0 spiro atoms. The summed E-state index contributed by atoms with van der Waals surface area (Å²) in [5.74, 6) is -0.618. The van der Waals surface area contributed by atoms with Crippen LogP contribution < -0.4 is 5.73 Å². The molecule has 0 aromatic carbocycles. The predicted octanol–water partition coefficient (Wildman–Crippen LogP) is 2.20. The first-order valence-electron chi connectivity index (χ1n) is 3.58. The molecule has 11 heavy (non-hydrogen) atoms. The van der Waals surface area contributed by atoms with Crippen LogP contribution in [-0.2, 0) is 0 Å². The molecule has 1 nitrogen and oxygen atoms in total. The molecule has 62 valence electrons. The average Bonchev–Trinajstić information content (AvgIpc) is 2.05. The van der Waals surface area contributed by atoms with Crippen molar-refractivity contribution >= 4 is 0 Å². The molecule has 0 amide bonds. The Kier molecular flexibility index (Phi) is 2.27. The van der Waals surface area contributed by atoms with Crippen molar-refractivity contribution in [3.05, 3.63) is 23.2 Å². The van der Waals surface area contributed by atoms with Crippen LogP contribution in [0.25, 0.3) is 0 Å². The zero-order chi connectivity index (χ0) is 8.43. The number of rotatable bonds is 0. The summed E-state index contributed by atoms with van der Waals surface area (Å²) < 4.78 is 25.4. The Hall–Kier alpha value is -0.860. The van der Waals surface area contributed by atoms with Crippen molar-refractivity contribution in [2.45, 2.75) is 25.9 Å². The molecule has 2 N–H and O–H groups in total. The summed E-state index contributed by atoms with van der Waals surface area (Å²) >= 11 is 0. The van der Waals surface area contributed by atoms with Crippen LogP contribution in [0.2, 0.25) is 0 Å². The van der Waals surface area contributed by atoms with Gasteiger partial charge in [0.15, 0.2) is 0 Å². The maximum absolute atomic E-state index is 12.8. The molecule has 1 unspecified atom stereocenters. The van der Waals surface area contributed by atoms with E-state index in [1.807, 2.05) is 0 Å². The average molecular weight is 159 g/mol. The fourth-order valence-electron chi connectivity index (χ4n) is 1.02. The highest BCUT2D eigenvalue weighted by Gasteiger charge is 2.14. The second-order valence-corrected chi connectivity index (χ2v) is 2.76. The van der Waals surface area contributed by atoms with Crippen LogP contribution in [0.15, 0.2) is 23.2 Å². The van der Waals surface area contributed by atoms with Crippen molar-refractivity contribution in [2.24, 2.45) is 5.73 Å². The van der Waals surface area contributed by atoms with E-state index in [0.29, 0.717) is 12.8 Å². The first kappa shape index (κ1) is 8.24. The molecule has 0 fully saturated rings. The minimum absolute atomic E-state index is 0.102. The Bertz CT molecular complexity index is 218. The molecular weight excluding hydrogens is 148 g/mol. The minimum Gasteiger partial charge on any atom is -0.396 e. The molecule has 0 saturated heterocycles. The van der Waals surface area contributed by atoms with Crippen molar-refractivity contribution < 1.29 is 8.78 Å². The van der Waals surface area contributed by atoms with E-state index < -0.39 is 12.0 Å². The summed E-state index contributed by atoms with van der Waals surface area (Å²) in [5, 5.41) is 0. The molecule has 1 aliphatic rings. The first-order chi connectivity index (χ1) is 5.11. The van der Waals surface area contributed by atoms with Gasteiger partial charge in [0.05, 0.1) is 5.70 Å². The van der Waals surface area contributed by atoms with Gasteiger partial charge in [0.25, 0.3) is 0 Å². The Labute approximate surface area is 64.6 Å². The van der Waals surface area contributed by atoms with Gasteiger partial charge in [-0.05, 0) is 31.4 Å². The van der Waals surface area contributed by atoms with Crippen molar-refractivity contribution in [1.82, 2.24) is 0 Å². The minimum atomic E-state index is -1.19. The predicted molar refractivity (Wildman–Crippen MR) is 40.2 cm³/mol.